The molecular weight excluding hydrogens is 265 g/mol. The SMILES string of the molecule is Cc1cccc(N(C)c2ccc(C(F)(F)F)cc2N)c1. The van der Waals surface area contributed by atoms with Crippen molar-refractivity contribution in [2.45, 2.75) is 13.1 Å². The van der Waals surface area contributed by atoms with Crippen molar-refractivity contribution in [3.05, 3.63) is 53.6 Å². The summed E-state index contributed by atoms with van der Waals surface area (Å²) in [5, 5.41) is 0. The molecule has 5 heteroatoms. The maximum Gasteiger partial charge on any atom is 0.416 e. The molecule has 2 rings (SSSR count). The summed E-state index contributed by atoms with van der Waals surface area (Å²) < 4.78 is 37.8. The Labute approximate surface area is 115 Å². The second-order valence-corrected chi connectivity index (χ2v) is 4.67. The zero-order chi connectivity index (χ0) is 14.9. The molecule has 0 saturated carbocycles. The van der Waals surface area contributed by atoms with Gasteiger partial charge in [-0.1, -0.05) is 12.1 Å². The quantitative estimate of drug-likeness (QED) is 0.828. The van der Waals surface area contributed by atoms with E-state index >= 15 is 0 Å². The van der Waals surface area contributed by atoms with E-state index in [9.17, 15) is 13.2 Å². The molecule has 2 aromatic carbocycles. The van der Waals surface area contributed by atoms with Crippen LogP contribution in [0.3, 0.4) is 0 Å². The number of alkyl halides is 3. The zero-order valence-corrected chi connectivity index (χ0v) is 11.2. The van der Waals surface area contributed by atoms with Crippen molar-refractivity contribution in [3.63, 3.8) is 0 Å². The van der Waals surface area contributed by atoms with Crippen molar-refractivity contribution in [2.24, 2.45) is 0 Å². The topological polar surface area (TPSA) is 29.3 Å². The van der Waals surface area contributed by atoms with Crippen LogP contribution in [0.1, 0.15) is 11.1 Å². The number of benzene rings is 2. The lowest BCUT2D eigenvalue weighted by molar-refractivity contribution is -0.137. The van der Waals surface area contributed by atoms with Gasteiger partial charge in [-0.2, -0.15) is 13.2 Å². The molecule has 0 heterocycles. The van der Waals surface area contributed by atoms with Gasteiger partial charge in [0.05, 0.1) is 16.9 Å². The first kappa shape index (κ1) is 14.2. The number of halogens is 3. The highest BCUT2D eigenvalue weighted by molar-refractivity contribution is 5.75. The summed E-state index contributed by atoms with van der Waals surface area (Å²) in [6.07, 6.45) is -4.38. The Morgan fingerprint density at radius 1 is 1.05 bits per heavy atom. The van der Waals surface area contributed by atoms with Crippen LogP contribution in [0.15, 0.2) is 42.5 Å². The maximum absolute atomic E-state index is 12.6. The third-order valence-corrected chi connectivity index (χ3v) is 3.11. The number of anilines is 3. The molecule has 0 aliphatic heterocycles. The van der Waals surface area contributed by atoms with Crippen LogP contribution in [0.25, 0.3) is 0 Å². The molecule has 0 saturated heterocycles. The summed E-state index contributed by atoms with van der Waals surface area (Å²) in [5.74, 6) is 0. The lowest BCUT2D eigenvalue weighted by Gasteiger charge is -2.22. The fourth-order valence-electron chi connectivity index (χ4n) is 2.01. The Balaban J connectivity index is 2.38. The van der Waals surface area contributed by atoms with Crippen LogP contribution in [0, 0.1) is 6.92 Å². The molecule has 0 fully saturated rings. The van der Waals surface area contributed by atoms with Gasteiger partial charge in [0.1, 0.15) is 0 Å². The van der Waals surface area contributed by atoms with Crippen molar-refractivity contribution in [3.8, 4) is 0 Å². The van der Waals surface area contributed by atoms with Gasteiger partial charge in [-0.3, -0.25) is 0 Å². The van der Waals surface area contributed by atoms with Gasteiger partial charge >= 0.3 is 6.18 Å². The van der Waals surface area contributed by atoms with Crippen LogP contribution in [0.4, 0.5) is 30.2 Å². The summed E-state index contributed by atoms with van der Waals surface area (Å²) in [7, 11) is 1.77. The predicted molar refractivity (Wildman–Crippen MR) is 75.1 cm³/mol. The molecule has 0 amide bonds. The van der Waals surface area contributed by atoms with Gasteiger partial charge in [0, 0.05) is 12.7 Å². The van der Waals surface area contributed by atoms with Crippen molar-refractivity contribution in [1.82, 2.24) is 0 Å². The Morgan fingerprint density at radius 3 is 2.30 bits per heavy atom. The summed E-state index contributed by atoms with van der Waals surface area (Å²) in [4.78, 5) is 1.77. The lowest BCUT2D eigenvalue weighted by Crippen LogP contribution is -2.13. The number of aryl methyl sites for hydroxylation is 1. The second kappa shape index (κ2) is 5.07. The average molecular weight is 280 g/mol. The highest BCUT2D eigenvalue weighted by Gasteiger charge is 2.31. The van der Waals surface area contributed by atoms with Crippen molar-refractivity contribution in [1.29, 1.82) is 0 Å². The van der Waals surface area contributed by atoms with Crippen LogP contribution in [0.2, 0.25) is 0 Å². The second-order valence-electron chi connectivity index (χ2n) is 4.67. The van der Waals surface area contributed by atoms with Gasteiger partial charge in [0.2, 0.25) is 0 Å². The first-order valence-corrected chi connectivity index (χ1v) is 6.06. The van der Waals surface area contributed by atoms with E-state index in [4.69, 9.17) is 5.73 Å². The van der Waals surface area contributed by atoms with Crippen molar-refractivity contribution in [2.75, 3.05) is 17.7 Å². The van der Waals surface area contributed by atoms with Crippen LogP contribution >= 0.6 is 0 Å². The fourth-order valence-corrected chi connectivity index (χ4v) is 2.01. The minimum Gasteiger partial charge on any atom is -0.397 e. The molecule has 2 aromatic rings. The molecule has 0 radical (unpaired) electrons. The maximum atomic E-state index is 12.6. The van der Waals surface area contributed by atoms with Crippen LogP contribution in [-0.4, -0.2) is 7.05 Å². The van der Waals surface area contributed by atoms with E-state index in [0.29, 0.717) is 5.69 Å². The molecule has 0 atom stereocenters. The number of rotatable bonds is 2. The van der Waals surface area contributed by atoms with Gasteiger partial charge in [0.25, 0.3) is 0 Å². The van der Waals surface area contributed by atoms with E-state index in [2.05, 4.69) is 0 Å². The third-order valence-electron chi connectivity index (χ3n) is 3.11. The monoisotopic (exact) mass is 280 g/mol. The van der Waals surface area contributed by atoms with E-state index in [1.165, 1.54) is 6.07 Å². The Bertz CT molecular complexity index is 621. The smallest absolute Gasteiger partial charge is 0.397 e. The number of hydrogen-bond donors (Lipinski definition) is 1. The first-order chi connectivity index (χ1) is 9.29. The van der Waals surface area contributed by atoms with Crippen molar-refractivity contribution < 1.29 is 13.2 Å². The van der Waals surface area contributed by atoms with Gasteiger partial charge in [-0.15, -0.1) is 0 Å². The number of nitrogens with two attached hydrogens (primary N) is 1. The van der Waals surface area contributed by atoms with Gasteiger partial charge in [-0.25, -0.2) is 0 Å². The molecule has 0 aromatic heterocycles. The molecule has 2 N–H and O–H groups in total. The van der Waals surface area contributed by atoms with Crippen LogP contribution < -0.4 is 10.6 Å². The minimum atomic E-state index is -4.38. The lowest BCUT2D eigenvalue weighted by atomic mass is 10.1. The molecule has 0 aliphatic carbocycles. The van der Waals surface area contributed by atoms with E-state index < -0.39 is 11.7 Å². The largest absolute Gasteiger partial charge is 0.416 e. The standard InChI is InChI=1S/C15H15F3N2/c1-10-4-3-5-12(8-10)20(2)14-7-6-11(9-13(14)19)15(16,17)18/h3-9H,19H2,1-2H3. The van der Waals surface area contributed by atoms with Gasteiger partial charge < -0.3 is 10.6 Å². The third kappa shape index (κ3) is 2.87. The average Bonchev–Trinajstić information content (AvgIpc) is 2.36. The van der Waals surface area contributed by atoms with Crippen molar-refractivity contribution >= 4 is 17.1 Å². The summed E-state index contributed by atoms with van der Waals surface area (Å²) in [6, 6.07) is 11.1. The molecule has 20 heavy (non-hydrogen) atoms. The first-order valence-electron chi connectivity index (χ1n) is 6.06. The van der Waals surface area contributed by atoms with Gasteiger partial charge in [0.15, 0.2) is 0 Å². The highest BCUT2D eigenvalue weighted by atomic mass is 19.4. The summed E-state index contributed by atoms with van der Waals surface area (Å²) in [6.45, 7) is 1.95. The van der Waals surface area contributed by atoms with Gasteiger partial charge in [-0.05, 0) is 42.8 Å². The Hall–Kier alpha value is -2.17. The number of nitrogens with zero attached hydrogens (tertiary/aromatic N) is 1. The molecular formula is C15H15F3N2. The molecule has 2 nitrogen and oxygen atoms in total. The summed E-state index contributed by atoms with van der Waals surface area (Å²) in [5.41, 5.74) is 7.60. The molecule has 0 unspecified atom stereocenters. The predicted octanol–water partition coefficient (Wildman–Crippen LogP) is 4.36. The van der Waals surface area contributed by atoms with Crippen LogP contribution in [-0.2, 0) is 6.18 Å². The Kier molecular flexibility index (Phi) is 3.61. The Morgan fingerprint density at radius 2 is 1.75 bits per heavy atom. The van der Waals surface area contributed by atoms with E-state index in [1.54, 1.807) is 11.9 Å². The highest BCUT2D eigenvalue weighted by Crippen LogP contribution is 2.35. The minimum absolute atomic E-state index is 0.101. The van der Waals surface area contributed by atoms with E-state index in [1.807, 2.05) is 31.2 Å². The van der Waals surface area contributed by atoms with Crippen LogP contribution in [0.5, 0.6) is 0 Å². The molecule has 0 aliphatic rings. The summed E-state index contributed by atoms with van der Waals surface area (Å²) >= 11 is 0. The normalized spacial score (nSPS) is 11.4. The molecule has 0 spiro atoms. The zero-order valence-electron chi connectivity index (χ0n) is 11.2. The van der Waals surface area contributed by atoms with E-state index in [-0.39, 0.29) is 5.69 Å². The number of nitrogen functional groups attached to an aromatic ring is 1. The number of hydrogen-bond acceptors (Lipinski definition) is 2. The van der Waals surface area contributed by atoms with E-state index in [0.717, 1.165) is 23.4 Å². The fraction of sp³-hybridized carbons (Fsp3) is 0.200. The molecule has 0 bridgehead atoms. The molecule has 106 valence electrons.